The first-order valence-electron chi connectivity index (χ1n) is 8.97. The van der Waals surface area contributed by atoms with Crippen molar-refractivity contribution in [3.05, 3.63) is 83.4 Å². The standard InChI is InChI=1S/C23H18ClNO2S2/c1-15-7-3-4-8-18(15)21-22(16-11-13-17(14-12-16)29(2,26)27)28-23(25-21)19-9-5-6-10-20(19)24/h3-14H,1-2H3. The molecule has 0 aliphatic carbocycles. The summed E-state index contributed by atoms with van der Waals surface area (Å²) >= 11 is 7.97. The molecule has 1 heterocycles. The van der Waals surface area contributed by atoms with Crippen LogP contribution in [-0.2, 0) is 9.84 Å². The Hall–Kier alpha value is -2.47. The van der Waals surface area contributed by atoms with Gasteiger partial charge in [-0.1, -0.05) is 66.2 Å². The van der Waals surface area contributed by atoms with Crippen molar-refractivity contribution < 1.29 is 8.42 Å². The molecule has 3 aromatic carbocycles. The molecule has 0 saturated carbocycles. The van der Waals surface area contributed by atoms with E-state index < -0.39 is 9.84 Å². The zero-order valence-electron chi connectivity index (χ0n) is 15.9. The molecule has 146 valence electrons. The van der Waals surface area contributed by atoms with Crippen LogP contribution in [-0.4, -0.2) is 19.7 Å². The van der Waals surface area contributed by atoms with E-state index in [1.165, 1.54) is 6.26 Å². The van der Waals surface area contributed by atoms with Gasteiger partial charge in [-0.15, -0.1) is 11.3 Å². The van der Waals surface area contributed by atoms with Crippen LogP contribution in [0, 0.1) is 6.92 Å². The van der Waals surface area contributed by atoms with E-state index in [4.69, 9.17) is 16.6 Å². The molecule has 0 amide bonds. The maximum absolute atomic E-state index is 11.8. The van der Waals surface area contributed by atoms with Crippen LogP contribution >= 0.6 is 22.9 Å². The van der Waals surface area contributed by atoms with Crippen LogP contribution in [0.15, 0.2) is 77.7 Å². The molecule has 4 rings (SSSR count). The molecule has 0 unspecified atom stereocenters. The first-order valence-corrected chi connectivity index (χ1v) is 12.1. The quantitative estimate of drug-likeness (QED) is 0.364. The smallest absolute Gasteiger partial charge is 0.175 e. The second-order valence-electron chi connectivity index (χ2n) is 6.79. The van der Waals surface area contributed by atoms with Crippen molar-refractivity contribution in [3.63, 3.8) is 0 Å². The molecule has 1 aromatic heterocycles. The molecule has 0 aliphatic heterocycles. The van der Waals surface area contributed by atoms with Crippen LogP contribution in [0.2, 0.25) is 5.02 Å². The van der Waals surface area contributed by atoms with E-state index in [1.54, 1.807) is 23.5 Å². The fraction of sp³-hybridized carbons (Fsp3) is 0.0870. The van der Waals surface area contributed by atoms with Gasteiger partial charge in [0.05, 0.1) is 20.5 Å². The zero-order chi connectivity index (χ0) is 20.6. The summed E-state index contributed by atoms with van der Waals surface area (Å²) < 4.78 is 23.6. The lowest BCUT2D eigenvalue weighted by molar-refractivity contribution is 0.602. The fourth-order valence-corrected chi connectivity index (χ4v) is 5.18. The molecule has 0 radical (unpaired) electrons. The van der Waals surface area contributed by atoms with Gasteiger partial charge in [0.2, 0.25) is 0 Å². The van der Waals surface area contributed by atoms with Gasteiger partial charge in [-0.2, -0.15) is 0 Å². The van der Waals surface area contributed by atoms with Gasteiger partial charge in [0.15, 0.2) is 9.84 Å². The Morgan fingerprint density at radius 2 is 1.48 bits per heavy atom. The van der Waals surface area contributed by atoms with E-state index in [-0.39, 0.29) is 0 Å². The summed E-state index contributed by atoms with van der Waals surface area (Å²) in [6.07, 6.45) is 1.21. The van der Waals surface area contributed by atoms with Crippen LogP contribution in [0.25, 0.3) is 32.3 Å². The highest BCUT2D eigenvalue weighted by Gasteiger charge is 2.19. The summed E-state index contributed by atoms with van der Waals surface area (Å²) in [4.78, 5) is 6.22. The van der Waals surface area contributed by atoms with Crippen LogP contribution in [0.1, 0.15) is 5.56 Å². The van der Waals surface area contributed by atoms with Gasteiger partial charge in [-0.25, -0.2) is 13.4 Å². The summed E-state index contributed by atoms with van der Waals surface area (Å²) in [5.74, 6) is 0. The number of rotatable bonds is 4. The monoisotopic (exact) mass is 439 g/mol. The SMILES string of the molecule is Cc1ccccc1-c1nc(-c2ccccc2Cl)sc1-c1ccc(S(C)(=O)=O)cc1. The number of sulfone groups is 1. The summed E-state index contributed by atoms with van der Waals surface area (Å²) in [6.45, 7) is 2.06. The van der Waals surface area contributed by atoms with Crippen molar-refractivity contribution in [3.8, 4) is 32.3 Å². The Bertz CT molecular complexity index is 1290. The van der Waals surface area contributed by atoms with E-state index in [2.05, 4.69) is 19.1 Å². The van der Waals surface area contributed by atoms with Crippen molar-refractivity contribution in [2.45, 2.75) is 11.8 Å². The summed E-state index contributed by atoms with van der Waals surface area (Å²) in [7, 11) is -3.24. The number of benzene rings is 3. The molecule has 6 heteroatoms. The number of hydrogen-bond acceptors (Lipinski definition) is 4. The first kappa shape index (κ1) is 19.8. The van der Waals surface area contributed by atoms with Crippen molar-refractivity contribution in [1.82, 2.24) is 4.98 Å². The minimum atomic E-state index is -3.24. The molecule has 0 bridgehead atoms. The third-order valence-electron chi connectivity index (χ3n) is 4.68. The molecule has 4 aromatic rings. The maximum atomic E-state index is 11.8. The lowest BCUT2D eigenvalue weighted by atomic mass is 10.0. The fourth-order valence-electron chi connectivity index (χ4n) is 3.14. The molecular formula is C23H18ClNO2S2. The average Bonchev–Trinajstić information content (AvgIpc) is 3.13. The molecule has 29 heavy (non-hydrogen) atoms. The Morgan fingerprint density at radius 1 is 0.862 bits per heavy atom. The second-order valence-corrected chi connectivity index (χ2v) is 10.2. The highest BCUT2D eigenvalue weighted by molar-refractivity contribution is 7.90. The normalized spacial score (nSPS) is 11.6. The minimum Gasteiger partial charge on any atom is -0.235 e. The van der Waals surface area contributed by atoms with Crippen LogP contribution < -0.4 is 0 Å². The van der Waals surface area contributed by atoms with Gasteiger partial charge in [0.25, 0.3) is 0 Å². The van der Waals surface area contributed by atoms with E-state index in [9.17, 15) is 8.42 Å². The van der Waals surface area contributed by atoms with Crippen molar-refractivity contribution in [2.75, 3.05) is 6.26 Å². The topological polar surface area (TPSA) is 47.0 Å². The third-order valence-corrected chi connectivity index (χ3v) is 7.27. The first-order chi connectivity index (χ1) is 13.8. The van der Waals surface area contributed by atoms with Crippen LogP contribution in [0.3, 0.4) is 0 Å². The number of nitrogens with zero attached hydrogens (tertiary/aromatic N) is 1. The van der Waals surface area contributed by atoms with Gasteiger partial charge in [0.1, 0.15) is 5.01 Å². The molecule has 0 aliphatic rings. The van der Waals surface area contributed by atoms with E-state index >= 15 is 0 Å². The van der Waals surface area contributed by atoms with Gasteiger partial charge in [-0.3, -0.25) is 0 Å². The number of thiazole rings is 1. The predicted octanol–water partition coefficient (Wildman–Crippen LogP) is 6.51. The highest BCUT2D eigenvalue weighted by Crippen LogP contribution is 2.43. The average molecular weight is 440 g/mol. The Labute approximate surface area is 179 Å². The van der Waals surface area contributed by atoms with Crippen LogP contribution in [0.5, 0.6) is 0 Å². The Morgan fingerprint density at radius 3 is 2.10 bits per heavy atom. The summed E-state index contributed by atoms with van der Waals surface area (Å²) in [6, 6.07) is 22.7. The van der Waals surface area contributed by atoms with Crippen molar-refractivity contribution in [1.29, 1.82) is 0 Å². The lowest BCUT2D eigenvalue weighted by Gasteiger charge is -2.06. The van der Waals surface area contributed by atoms with Crippen molar-refractivity contribution >= 4 is 32.8 Å². The molecular weight excluding hydrogens is 422 g/mol. The van der Waals surface area contributed by atoms with E-state index in [1.807, 2.05) is 48.5 Å². The van der Waals surface area contributed by atoms with E-state index in [0.29, 0.717) is 9.92 Å². The lowest BCUT2D eigenvalue weighted by Crippen LogP contribution is -1.96. The maximum Gasteiger partial charge on any atom is 0.175 e. The zero-order valence-corrected chi connectivity index (χ0v) is 18.3. The second kappa shape index (κ2) is 7.75. The summed E-state index contributed by atoms with van der Waals surface area (Å²) in [5.41, 5.74) is 4.84. The van der Waals surface area contributed by atoms with E-state index in [0.717, 1.165) is 37.8 Å². The highest BCUT2D eigenvalue weighted by atomic mass is 35.5. The van der Waals surface area contributed by atoms with Gasteiger partial charge >= 0.3 is 0 Å². The Balaban J connectivity index is 1.92. The molecule has 3 nitrogen and oxygen atoms in total. The van der Waals surface area contributed by atoms with Gasteiger partial charge < -0.3 is 0 Å². The Kier molecular flexibility index (Phi) is 5.30. The van der Waals surface area contributed by atoms with Gasteiger partial charge in [0, 0.05) is 17.4 Å². The number of halogens is 1. The third kappa shape index (κ3) is 3.99. The largest absolute Gasteiger partial charge is 0.235 e. The van der Waals surface area contributed by atoms with Crippen molar-refractivity contribution in [2.24, 2.45) is 0 Å². The number of hydrogen-bond donors (Lipinski definition) is 0. The predicted molar refractivity (Wildman–Crippen MR) is 121 cm³/mol. The van der Waals surface area contributed by atoms with Gasteiger partial charge in [-0.05, 0) is 36.2 Å². The molecule has 0 N–H and O–H groups in total. The van der Waals surface area contributed by atoms with Crippen LogP contribution in [0.4, 0.5) is 0 Å². The molecule has 0 fully saturated rings. The number of aromatic nitrogens is 1. The minimum absolute atomic E-state index is 0.300. The number of aryl methyl sites for hydroxylation is 1. The molecule has 0 atom stereocenters. The molecule has 0 spiro atoms. The molecule has 0 saturated heterocycles. The summed E-state index contributed by atoms with van der Waals surface area (Å²) in [5, 5.41) is 1.48.